The minimum Gasteiger partial charge on any atom is -0.382 e. The average Bonchev–Trinajstić information content (AvgIpc) is 2.68. The molecule has 92 valence electrons. The Labute approximate surface area is 96.9 Å². The highest BCUT2D eigenvalue weighted by atomic mass is 16.5. The maximum atomic E-state index is 5.52. The molecule has 1 heterocycles. The second-order valence-electron chi connectivity index (χ2n) is 3.89. The highest BCUT2D eigenvalue weighted by Crippen LogP contribution is 2.05. The first-order valence-corrected chi connectivity index (χ1v) is 5.78. The molecule has 1 rings (SSSR count). The Morgan fingerprint density at radius 2 is 2.44 bits per heavy atom. The largest absolute Gasteiger partial charge is 0.382 e. The Hall–Kier alpha value is -0.910. The van der Waals surface area contributed by atoms with Gasteiger partial charge in [-0.3, -0.25) is 16.0 Å². The van der Waals surface area contributed by atoms with E-state index in [-0.39, 0.29) is 6.04 Å². The molecule has 0 aromatic carbocycles. The molecule has 1 aromatic rings. The molecule has 0 radical (unpaired) electrons. The van der Waals surface area contributed by atoms with Crippen LogP contribution >= 0.6 is 0 Å². The second-order valence-corrected chi connectivity index (χ2v) is 3.89. The van der Waals surface area contributed by atoms with Gasteiger partial charge in [0.25, 0.3) is 0 Å². The summed E-state index contributed by atoms with van der Waals surface area (Å²) in [5, 5.41) is 4.33. The lowest BCUT2D eigenvalue weighted by Gasteiger charge is -2.14. The minimum absolute atomic E-state index is 0.273. The maximum Gasteiger partial charge on any atom is 0.0640 e. The summed E-state index contributed by atoms with van der Waals surface area (Å²) in [6.07, 6.45) is 4.84. The van der Waals surface area contributed by atoms with Crippen LogP contribution in [0.15, 0.2) is 12.3 Å². The van der Waals surface area contributed by atoms with Crippen LogP contribution in [0.5, 0.6) is 0 Å². The van der Waals surface area contributed by atoms with E-state index >= 15 is 0 Å². The third-order valence-corrected chi connectivity index (χ3v) is 2.51. The summed E-state index contributed by atoms with van der Waals surface area (Å²) >= 11 is 0. The van der Waals surface area contributed by atoms with Crippen LogP contribution in [0.2, 0.25) is 0 Å². The van der Waals surface area contributed by atoms with Gasteiger partial charge in [-0.1, -0.05) is 0 Å². The fourth-order valence-corrected chi connectivity index (χ4v) is 1.64. The first kappa shape index (κ1) is 13.2. The van der Waals surface area contributed by atoms with E-state index in [0.29, 0.717) is 0 Å². The van der Waals surface area contributed by atoms with E-state index in [2.05, 4.69) is 10.5 Å². The molecule has 0 saturated heterocycles. The van der Waals surface area contributed by atoms with Crippen LogP contribution in [-0.2, 0) is 18.2 Å². The fraction of sp³-hybridized carbons (Fsp3) is 0.727. The predicted octanol–water partition coefficient (Wildman–Crippen LogP) is 0.611. The van der Waals surface area contributed by atoms with Crippen molar-refractivity contribution in [2.45, 2.75) is 32.2 Å². The monoisotopic (exact) mass is 226 g/mol. The number of nitrogens with two attached hydrogens (primary N) is 1. The van der Waals surface area contributed by atoms with Gasteiger partial charge in [-0.2, -0.15) is 5.10 Å². The molecule has 0 amide bonds. The summed E-state index contributed by atoms with van der Waals surface area (Å²) in [4.78, 5) is 0. The number of aromatic nitrogens is 2. The van der Waals surface area contributed by atoms with E-state index in [4.69, 9.17) is 10.6 Å². The van der Waals surface area contributed by atoms with E-state index in [1.807, 2.05) is 30.9 Å². The van der Waals surface area contributed by atoms with E-state index in [1.165, 1.54) is 0 Å². The Morgan fingerprint density at radius 3 is 3.00 bits per heavy atom. The van der Waals surface area contributed by atoms with Crippen molar-refractivity contribution in [2.75, 3.05) is 13.2 Å². The Balaban J connectivity index is 2.26. The van der Waals surface area contributed by atoms with Crippen molar-refractivity contribution in [3.8, 4) is 0 Å². The molecule has 0 fully saturated rings. The number of aryl methyl sites for hydroxylation is 1. The van der Waals surface area contributed by atoms with E-state index in [1.54, 1.807) is 0 Å². The summed E-state index contributed by atoms with van der Waals surface area (Å²) in [6.45, 7) is 3.59. The number of hydrazine groups is 1. The predicted molar refractivity (Wildman–Crippen MR) is 63.8 cm³/mol. The fourth-order valence-electron chi connectivity index (χ4n) is 1.64. The van der Waals surface area contributed by atoms with Gasteiger partial charge in [0.15, 0.2) is 0 Å². The Morgan fingerprint density at radius 1 is 1.62 bits per heavy atom. The number of ether oxygens (including phenoxy) is 1. The Bertz CT molecular complexity index is 287. The maximum absolute atomic E-state index is 5.52. The SMILES string of the molecule is CCOCCCC(Cc1ccn(C)n1)NN. The average molecular weight is 226 g/mol. The number of nitrogens with zero attached hydrogens (tertiary/aromatic N) is 2. The molecule has 0 spiro atoms. The molecule has 3 N–H and O–H groups in total. The zero-order valence-corrected chi connectivity index (χ0v) is 10.1. The van der Waals surface area contributed by atoms with E-state index < -0.39 is 0 Å². The number of hydrogen-bond acceptors (Lipinski definition) is 4. The van der Waals surface area contributed by atoms with Crippen molar-refractivity contribution >= 4 is 0 Å². The quantitative estimate of drug-likeness (QED) is 0.387. The van der Waals surface area contributed by atoms with Gasteiger partial charge in [-0.05, 0) is 25.8 Å². The molecular weight excluding hydrogens is 204 g/mol. The van der Waals surface area contributed by atoms with Crippen LogP contribution < -0.4 is 11.3 Å². The van der Waals surface area contributed by atoms with Crippen molar-refractivity contribution in [1.82, 2.24) is 15.2 Å². The van der Waals surface area contributed by atoms with E-state index in [0.717, 1.165) is 38.2 Å². The van der Waals surface area contributed by atoms with Gasteiger partial charge in [0.1, 0.15) is 0 Å². The summed E-state index contributed by atoms with van der Waals surface area (Å²) in [7, 11) is 1.92. The van der Waals surface area contributed by atoms with Gasteiger partial charge < -0.3 is 4.74 Å². The summed E-state index contributed by atoms with van der Waals surface area (Å²) < 4.78 is 7.10. The number of nitrogens with one attached hydrogen (secondary N) is 1. The summed E-state index contributed by atoms with van der Waals surface area (Å²) in [6, 6.07) is 2.29. The molecule has 1 atom stereocenters. The molecular formula is C11H22N4O. The smallest absolute Gasteiger partial charge is 0.0640 e. The van der Waals surface area contributed by atoms with Gasteiger partial charge in [-0.15, -0.1) is 0 Å². The van der Waals surface area contributed by atoms with Gasteiger partial charge in [0.05, 0.1) is 5.69 Å². The third-order valence-electron chi connectivity index (χ3n) is 2.51. The van der Waals surface area contributed by atoms with Gasteiger partial charge in [0.2, 0.25) is 0 Å². The number of hydrogen-bond donors (Lipinski definition) is 2. The molecule has 0 saturated carbocycles. The second kappa shape index (κ2) is 7.38. The molecule has 0 bridgehead atoms. The van der Waals surface area contributed by atoms with Crippen LogP contribution in [-0.4, -0.2) is 29.0 Å². The van der Waals surface area contributed by atoms with Gasteiger partial charge in [0, 0.05) is 38.9 Å². The zero-order chi connectivity index (χ0) is 11.8. The van der Waals surface area contributed by atoms with Gasteiger partial charge >= 0.3 is 0 Å². The summed E-state index contributed by atoms with van der Waals surface area (Å²) in [5.41, 5.74) is 3.90. The molecule has 16 heavy (non-hydrogen) atoms. The van der Waals surface area contributed by atoms with Crippen LogP contribution in [0.4, 0.5) is 0 Å². The lowest BCUT2D eigenvalue weighted by molar-refractivity contribution is 0.140. The van der Waals surface area contributed by atoms with Crippen molar-refractivity contribution in [3.63, 3.8) is 0 Å². The van der Waals surface area contributed by atoms with Crippen LogP contribution in [0.1, 0.15) is 25.5 Å². The van der Waals surface area contributed by atoms with Crippen molar-refractivity contribution in [2.24, 2.45) is 12.9 Å². The highest BCUT2D eigenvalue weighted by molar-refractivity contribution is 5.00. The zero-order valence-electron chi connectivity index (χ0n) is 10.1. The summed E-state index contributed by atoms with van der Waals surface area (Å²) in [5.74, 6) is 5.52. The molecule has 5 heteroatoms. The lowest BCUT2D eigenvalue weighted by Crippen LogP contribution is -2.37. The minimum atomic E-state index is 0.273. The lowest BCUT2D eigenvalue weighted by atomic mass is 10.1. The van der Waals surface area contributed by atoms with Crippen molar-refractivity contribution in [3.05, 3.63) is 18.0 Å². The first-order valence-electron chi connectivity index (χ1n) is 5.78. The van der Waals surface area contributed by atoms with Crippen molar-refractivity contribution < 1.29 is 4.74 Å². The Kier molecular flexibility index (Phi) is 6.07. The highest BCUT2D eigenvalue weighted by Gasteiger charge is 2.09. The van der Waals surface area contributed by atoms with E-state index in [9.17, 15) is 0 Å². The molecule has 1 unspecified atom stereocenters. The topological polar surface area (TPSA) is 65.1 Å². The molecule has 5 nitrogen and oxygen atoms in total. The van der Waals surface area contributed by atoms with Crippen LogP contribution in [0.3, 0.4) is 0 Å². The molecule has 0 aliphatic rings. The van der Waals surface area contributed by atoms with Gasteiger partial charge in [-0.25, -0.2) is 0 Å². The van der Waals surface area contributed by atoms with Crippen LogP contribution in [0, 0.1) is 0 Å². The van der Waals surface area contributed by atoms with Crippen molar-refractivity contribution in [1.29, 1.82) is 0 Å². The normalized spacial score (nSPS) is 12.9. The van der Waals surface area contributed by atoms with Crippen LogP contribution in [0.25, 0.3) is 0 Å². The molecule has 1 aromatic heterocycles. The third kappa shape index (κ3) is 4.74. The first-order chi connectivity index (χ1) is 7.76. The standard InChI is InChI=1S/C11H22N4O/c1-3-16-8-4-5-10(13-12)9-11-6-7-15(2)14-11/h6-7,10,13H,3-5,8-9,12H2,1-2H3. The molecule has 0 aliphatic carbocycles. The molecule has 0 aliphatic heterocycles. The number of rotatable bonds is 8.